The summed E-state index contributed by atoms with van der Waals surface area (Å²) < 4.78 is 5.84. The van der Waals surface area contributed by atoms with Gasteiger partial charge in [0.1, 0.15) is 11.5 Å². The molecule has 2 N–H and O–H groups in total. The Kier molecular flexibility index (Phi) is 6.24. The SMILES string of the molecule is Cc1ccc(C2C(C#N)=C(SCC(=O)Nc3ccc(C)c(C)c3)NC3=C2C(=O)CCC3)o1. The topological polar surface area (TPSA) is 95.1 Å². The summed E-state index contributed by atoms with van der Waals surface area (Å²) in [5.41, 5.74) is 4.88. The van der Waals surface area contributed by atoms with E-state index in [1.807, 2.05) is 51.1 Å². The van der Waals surface area contributed by atoms with Crippen LogP contribution in [0.4, 0.5) is 5.69 Å². The molecule has 1 aliphatic carbocycles. The molecule has 0 saturated heterocycles. The number of benzene rings is 1. The number of nitrogens with zero attached hydrogens (tertiary/aromatic N) is 1. The smallest absolute Gasteiger partial charge is 0.234 e. The van der Waals surface area contributed by atoms with Crippen molar-refractivity contribution in [1.82, 2.24) is 5.32 Å². The number of thioether (sulfide) groups is 1. The summed E-state index contributed by atoms with van der Waals surface area (Å²) in [6.45, 7) is 5.87. The first kappa shape index (κ1) is 22.0. The second-order valence-corrected chi connectivity index (χ2v) is 9.15. The van der Waals surface area contributed by atoms with Crippen molar-refractivity contribution in [2.24, 2.45) is 0 Å². The number of nitriles is 1. The summed E-state index contributed by atoms with van der Waals surface area (Å²) in [6.07, 6.45) is 1.97. The van der Waals surface area contributed by atoms with Gasteiger partial charge in [0, 0.05) is 23.4 Å². The maximum Gasteiger partial charge on any atom is 0.234 e. The minimum absolute atomic E-state index is 0.0436. The lowest BCUT2D eigenvalue weighted by atomic mass is 9.79. The molecule has 32 heavy (non-hydrogen) atoms. The van der Waals surface area contributed by atoms with Crippen LogP contribution >= 0.6 is 11.8 Å². The van der Waals surface area contributed by atoms with E-state index in [0.717, 1.165) is 41.1 Å². The fourth-order valence-electron chi connectivity index (χ4n) is 4.08. The summed E-state index contributed by atoms with van der Waals surface area (Å²) in [7, 11) is 0. The highest BCUT2D eigenvalue weighted by Crippen LogP contribution is 2.44. The molecule has 2 heterocycles. The largest absolute Gasteiger partial charge is 0.465 e. The third kappa shape index (κ3) is 4.37. The van der Waals surface area contributed by atoms with E-state index in [0.29, 0.717) is 28.4 Å². The van der Waals surface area contributed by atoms with Gasteiger partial charge >= 0.3 is 0 Å². The van der Waals surface area contributed by atoms with Gasteiger partial charge < -0.3 is 15.1 Å². The van der Waals surface area contributed by atoms with Crippen molar-refractivity contribution in [3.05, 3.63) is 74.9 Å². The molecule has 1 unspecified atom stereocenters. The molecule has 1 aromatic heterocycles. The summed E-state index contributed by atoms with van der Waals surface area (Å²) in [6, 6.07) is 11.7. The molecule has 0 radical (unpaired) electrons. The van der Waals surface area contributed by atoms with Gasteiger partial charge in [-0.05, 0) is 69.0 Å². The Balaban J connectivity index is 1.58. The molecule has 0 fully saturated rings. The third-order valence-electron chi connectivity index (χ3n) is 5.85. The van der Waals surface area contributed by atoms with Crippen LogP contribution < -0.4 is 10.6 Å². The van der Waals surface area contributed by atoms with Crippen LogP contribution in [0.2, 0.25) is 0 Å². The first-order chi connectivity index (χ1) is 15.4. The Labute approximate surface area is 191 Å². The van der Waals surface area contributed by atoms with Crippen LogP contribution in [-0.2, 0) is 9.59 Å². The van der Waals surface area contributed by atoms with Crippen molar-refractivity contribution in [2.75, 3.05) is 11.1 Å². The lowest BCUT2D eigenvalue weighted by Crippen LogP contribution is -2.31. The van der Waals surface area contributed by atoms with Gasteiger partial charge in [0.15, 0.2) is 5.78 Å². The Morgan fingerprint density at radius 2 is 2.03 bits per heavy atom. The molecule has 0 bridgehead atoms. The van der Waals surface area contributed by atoms with E-state index in [-0.39, 0.29) is 17.4 Å². The van der Waals surface area contributed by atoms with Crippen molar-refractivity contribution >= 4 is 29.1 Å². The minimum Gasteiger partial charge on any atom is -0.465 e. The van der Waals surface area contributed by atoms with Gasteiger partial charge in [-0.1, -0.05) is 17.8 Å². The molecule has 1 atom stereocenters. The number of aryl methyl sites for hydroxylation is 3. The number of dihydropyridines is 1. The molecule has 1 aromatic carbocycles. The fraction of sp³-hybridized carbons (Fsp3) is 0.320. The van der Waals surface area contributed by atoms with Crippen molar-refractivity contribution in [3.63, 3.8) is 0 Å². The van der Waals surface area contributed by atoms with Crippen LogP contribution in [0, 0.1) is 32.1 Å². The number of ketones is 1. The Bertz CT molecular complexity index is 1200. The number of Topliss-reactive ketones (excluding diaryl/α,β-unsaturated/α-hetero) is 1. The van der Waals surface area contributed by atoms with Gasteiger partial charge in [-0.15, -0.1) is 0 Å². The minimum atomic E-state index is -0.539. The molecule has 164 valence electrons. The maximum atomic E-state index is 12.8. The predicted molar refractivity (Wildman–Crippen MR) is 125 cm³/mol. The summed E-state index contributed by atoms with van der Waals surface area (Å²) in [4.78, 5) is 25.4. The fourth-order valence-corrected chi connectivity index (χ4v) is 4.95. The number of amides is 1. The number of nitrogens with one attached hydrogen (secondary N) is 2. The quantitative estimate of drug-likeness (QED) is 0.669. The highest BCUT2D eigenvalue weighted by molar-refractivity contribution is 8.03. The van der Waals surface area contributed by atoms with E-state index >= 15 is 0 Å². The first-order valence-corrected chi connectivity index (χ1v) is 11.6. The number of carbonyl (C=O) groups is 2. The standard InChI is InChI=1S/C25H25N3O3S/c1-14-7-9-17(11-15(14)2)27-22(30)13-32-25-18(12-26)23(21-10-8-16(3)31-21)24-19(28-25)5-4-6-20(24)29/h7-11,23,28H,4-6,13H2,1-3H3,(H,27,30). The van der Waals surface area contributed by atoms with Gasteiger partial charge in [-0.2, -0.15) is 5.26 Å². The van der Waals surface area contributed by atoms with Crippen LogP contribution in [0.25, 0.3) is 0 Å². The molecular formula is C25H25N3O3S. The molecule has 1 aliphatic heterocycles. The number of anilines is 1. The molecular weight excluding hydrogens is 422 g/mol. The number of hydrogen-bond acceptors (Lipinski definition) is 6. The second-order valence-electron chi connectivity index (χ2n) is 8.17. The predicted octanol–water partition coefficient (Wildman–Crippen LogP) is 5.01. The van der Waals surface area contributed by atoms with Crippen LogP contribution in [0.5, 0.6) is 0 Å². The lowest BCUT2D eigenvalue weighted by Gasteiger charge is -2.32. The molecule has 2 aromatic rings. The number of rotatable bonds is 5. The van der Waals surface area contributed by atoms with E-state index in [9.17, 15) is 14.9 Å². The molecule has 2 aliphatic rings. The van der Waals surface area contributed by atoms with Crippen LogP contribution in [0.3, 0.4) is 0 Å². The van der Waals surface area contributed by atoms with E-state index in [4.69, 9.17) is 4.42 Å². The first-order valence-electron chi connectivity index (χ1n) is 10.6. The Morgan fingerprint density at radius 1 is 1.22 bits per heavy atom. The zero-order chi connectivity index (χ0) is 22.8. The maximum absolute atomic E-state index is 12.8. The average Bonchev–Trinajstić information content (AvgIpc) is 3.20. The van der Waals surface area contributed by atoms with Crippen LogP contribution in [0.1, 0.15) is 47.8 Å². The molecule has 0 spiro atoms. The van der Waals surface area contributed by atoms with Crippen LogP contribution in [0.15, 0.2) is 56.6 Å². The van der Waals surface area contributed by atoms with Crippen LogP contribution in [-0.4, -0.2) is 17.4 Å². The molecule has 6 nitrogen and oxygen atoms in total. The van der Waals surface area contributed by atoms with Gasteiger partial charge in [0.05, 0.1) is 28.3 Å². The van der Waals surface area contributed by atoms with Gasteiger partial charge in [-0.3, -0.25) is 9.59 Å². The zero-order valence-electron chi connectivity index (χ0n) is 18.4. The van der Waals surface area contributed by atoms with Gasteiger partial charge in [-0.25, -0.2) is 0 Å². The lowest BCUT2D eigenvalue weighted by molar-refractivity contribution is -0.116. The van der Waals surface area contributed by atoms with Gasteiger partial charge in [0.25, 0.3) is 0 Å². The average molecular weight is 448 g/mol. The monoisotopic (exact) mass is 447 g/mol. The summed E-state index contributed by atoms with van der Waals surface area (Å²) in [5.74, 6) is 0.796. The van der Waals surface area contributed by atoms with Gasteiger partial charge in [0.2, 0.25) is 5.91 Å². The van der Waals surface area contributed by atoms with E-state index in [2.05, 4.69) is 16.7 Å². The van der Waals surface area contributed by atoms with Crippen molar-refractivity contribution in [3.8, 4) is 6.07 Å². The second kappa shape index (κ2) is 9.09. The van der Waals surface area contributed by atoms with E-state index in [1.54, 1.807) is 0 Å². The highest BCUT2D eigenvalue weighted by atomic mass is 32.2. The Morgan fingerprint density at radius 3 is 2.72 bits per heavy atom. The highest BCUT2D eigenvalue weighted by Gasteiger charge is 2.38. The number of hydrogen-bond donors (Lipinski definition) is 2. The molecule has 4 rings (SSSR count). The Hall–Kier alpha value is -3.24. The zero-order valence-corrected chi connectivity index (χ0v) is 19.2. The number of allylic oxidation sites excluding steroid dienone is 3. The van der Waals surface area contributed by atoms with Crippen molar-refractivity contribution < 1.29 is 14.0 Å². The normalized spacial score (nSPS) is 18.2. The van der Waals surface area contributed by atoms with Crippen molar-refractivity contribution in [2.45, 2.75) is 46.0 Å². The van der Waals surface area contributed by atoms with E-state index < -0.39 is 5.92 Å². The summed E-state index contributed by atoms with van der Waals surface area (Å²) >= 11 is 1.27. The van der Waals surface area contributed by atoms with E-state index in [1.165, 1.54) is 11.8 Å². The molecule has 0 saturated carbocycles. The number of carbonyl (C=O) groups excluding carboxylic acids is 2. The molecule has 7 heteroatoms. The number of furan rings is 1. The van der Waals surface area contributed by atoms with Crippen molar-refractivity contribution in [1.29, 1.82) is 5.26 Å². The molecule has 1 amide bonds. The third-order valence-corrected chi connectivity index (χ3v) is 6.86. The summed E-state index contributed by atoms with van der Waals surface area (Å²) in [5, 5.41) is 16.8.